The number of esters is 1. The zero-order chi connectivity index (χ0) is 20.5. The Balaban J connectivity index is 1.83. The van der Waals surface area contributed by atoms with Crippen molar-refractivity contribution in [2.45, 2.75) is 17.9 Å². The van der Waals surface area contributed by atoms with Gasteiger partial charge in [0.05, 0.1) is 14.7 Å². The van der Waals surface area contributed by atoms with Gasteiger partial charge in [-0.3, -0.25) is 10.1 Å². The van der Waals surface area contributed by atoms with E-state index in [9.17, 15) is 23.3 Å². The molecule has 0 aliphatic heterocycles. The van der Waals surface area contributed by atoms with Crippen LogP contribution in [0.5, 0.6) is 0 Å². The number of sulfone groups is 1. The van der Waals surface area contributed by atoms with E-state index in [0.29, 0.717) is 5.82 Å². The molecule has 1 aromatic carbocycles. The average Bonchev–Trinajstić information content (AvgIpc) is 3.31. The van der Waals surface area contributed by atoms with E-state index in [2.05, 4.69) is 10.1 Å². The average molecular weight is 423 g/mol. The molecule has 10 nitrogen and oxygen atoms in total. The van der Waals surface area contributed by atoms with E-state index in [-0.39, 0.29) is 16.3 Å². The van der Waals surface area contributed by atoms with Crippen molar-refractivity contribution in [3.63, 3.8) is 0 Å². The molecule has 28 heavy (non-hydrogen) atoms. The van der Waals surface area contributed by atoms with Crippen LogP contribution in [0.3, 0.4) is 0 Å². The van der Waals surface area contributed by atoms with Gasteiger partial charge in [-0.1, -0.05) is 11.2 Å². The van der Waals surface area contributed by atoms with Crippen molar-refractivity contribution in [1.82, 2.24) is 10.1 Å². The number of thiophene rings is 1. The summed E-state index contributed by atoms with van der Waals surface area (Å²) >= 11 is 1.40. The molecule has 12 heteroatoms. The van der Waals surface area contributed by atoms with E-state index in [0.717, 1.165) is 29.3 Å². The number of nitrogens with zero attached hydrogens (tertiary/aromatic N) is 3. The summed E-state index contributed by atoms with van der Waals surface area (Å²) in [5, 5.41) is 16.9. The van der Waals surface area contributed by atoms with Gasteiger partial charge in [0, 0.05) is 12.3 Å². The van der Waals surface area contributed by atoms with Gasteiger partial charge in [0.15, 0.2) is 15.9 Å². The van der Waals surface area contributed by atoms with Crippen LogP contribution >= 0.6 is 11.3 Å². The van der Waals surface area contributed by atoms with Crippen molar-refractivity contribution < 1.29 is 27.4 Å². The van der Waals surface area contributed by atoms with E-state index in [4.69, 9.17) is 9.26 Å². The van der Waals surface area contributed by atoms with Crippen LogP contribution in [0, 0.1) is 10.1 Å². The standard InChI is InChI=1S/C16H13N3O7S2/c1-9(15-17-14(18-26-15)13-4-3-7-27-13)25-16(20)11-6-5-10(28(2,23)24)8-12(11)19(21)22/h3-9H,1-2H3. The van der Waals surface area contributed by atoms with Crippen molar-refractivity contribution in [1.29, 1.82) is 0 Å². The van der Waals surface area contributed by atoms with Crippen LogP contribution in [0.1, 0.15) is 29.3 Å². The molecule has 0 radical (unpaired) electrons. The van der Waals surface area contributed by atoms with Gasteiger partial charge >= 0.3 is 5.97 Å². The van der Waals surface area contributed by atoms with Crippen molar-refractivity contribution in [3.05, 3.63) is 57.3 Å². The fourth-order valence-corrected chi connectivity index (χ4v) is 3.54. The lowest BCUT2D eigenvalue weighted by Crippen LogP contribution is -2.12. The summed E-state index contributed by atoms with van der Waals surface area (Å²) in [6.07, 6.45) is -0.0599. The highest BCUT2D eigenvalue weighted by Crippen LogP contribution is 2.27. The number of rotatable bonds is 6. The lowest BCUT2D eigenvalue weighted by atomic mass is 10.2. The zero-order valence-corrected chi connectivity index (χ0v) is 16.2. The largest absolute Gasteiger partial charge is 0.449 e. The minimum absolute atomic E-state index is 0.0205. The van der Waals surface area contributed by atoms with Crippen molar-refractivity contribution >= 4 is 32.8 Å². The molecule has 1 unspecified atom stereocenters. The summed E-state index contributed by atoms with van der Waals surface area (Å²) in [4.78, 5) is 27.4. The quantitative estimate of drug-likeness (QED) is 0.332. The van der Waals surface area contributed by atoms with Gasteiger partial charge in [0.2, 0.25) is 5.82 Å². The number of benzene rings is 1. The van der Waals surface area contributed by atoms with Crippen LogP contribution in [0.15, 0.2) is 45.1 Å². The smallest absolute Gasteiger partial charge is 0.345 e. The van der Waals surface area contributed by atoms with Crippen LogP contribution in [0.4, 0.5) is 5.69 Å². The molecule has 2 heterocycles. The fourth-order valence-electron chi connectivity index (χ4n) is 2.25. The highest BCUT2D eigenvalue weighted by Gasteiger charge is 2.27. The molecule has 0 amide bonds. The lowest BCUT2D eigenvalue weighted by molar-refractivity contribution is -0.385. The second kappa shape index (κ2) is 7.48. The third-order valence-electron chi connectivity index (χ3n) is 3.63. The van der Waals surface area contributed by atoms with Crippen molar-refractivity contribution in [3.8, 4) is 10.7 Å². The Morgan fingerprint density at radius 1 is 1.36 bits per heavy atom. The number of nitro groups is 1. The summed E-state index contributed by atoms with van der Waals surface area (Å²) in [5.41, 5.74) is -1.06. The Morgan fingerprint density at radius 2 is 2.11 bits per heavy atom. The molecule has 1 atom stereocenters. The third-order valence-corrected chi connectivity index (χ3v) is 5.60. The molecule has 0 saturated heterocycles. The Morgan fingerprint density at radius 3 is 2.71 bits per heavy atom. The minimum Gasteiger partial charge on any atom is -0.449 e. The molecule has 0 bridgehead atoms. The summed E-state index contributed by atoms with van der Waals surface area (Å²) < 4.78 is 33.4. The third kappa shape index (κ3) is 4.07. The highest BCUT2D eigenvalue weighted by atomic mass is 32.2. The first-order valence-electron chi connectivity index (χ1n) is 7.74. The van der Waals surface area contributed by atoms with Gasteiger partial charge in [-0.15, -0.1) is 11.3 Å². The SMILES string of the molecule is CC(OC(=O)c1ccc(S(C)(=O)=O)cc1[N+](=O)[O-])c1nc(-c2cccs2)no1. The van der Waals surface area contributed by atoms with E-state index in [1.807, 2.05) is 11.4 Å². The first kappa shape index (κ1) is 19.6. The monoisotopic (exact) mass is 423 g/mol. The van der Waals surface area contributed by atoms with E-state index in [1.165, 1.54) is 18.3 Å². The van der Waals surface area contributed by atoms with E-state index < -0.39 is 32.5 Å². The number of aromatic nitrogens is 2. The molecule has 2 aromatic heterocycles. The molecular weight excluding hydrogens is 410 g/mol. The predicted molar refractivity (Wildman–Crippen MR) is 97.6 cm³/mol. The number of carbonyl (C=O) groups is 1. The fraction of sp³-hybridized carbons (Fsp3) is 0.188. The molecule has 0 aliphatic rings. The first-order chi connectivity index (χ1) is 13.2. The molecule has 0 fully saturated rings. The maximum absolute atomic E-state index is 12.4. The second-order valence-electron chi connectivity index (χ2n) is 5.69. The van der Waals surface area contributed by atoms with Crippen LogP contribution in [0.25, 0.3) is 10.7 Å². The Hall–Kier alpha value is -3.12. The van der Waals surface area contributed by atoms with Gasteiger partial charge in [-0.25, -0.2) is 13.2 Å². The van der Waals surface area contributed by atoms with E-state index in [1.54, 1.807) is 6.07 Å². The lowest BCUT2D eigenvalue weighted by Gasteiger charge is -2.10. The van der Waals surface area contributed by atoms with Gasteiger partial charge in [-0.05, 0) is 30.5 Å². The van der Waals surface area contributed by atoms with Gasteiger partial charge in [0.25, 0.3) is 11.6 Å². The molecular formula is C16H13N3O7S2. The summed E-state index contributed by atoms with van der Waals surface area (Å²) in [6, 6.07) is 6.57. The Kier molecular flexibility index (Phi) is 5.25. The van der Waals surface area contributed by atoms with Crippen LogP contribution in [0.2, 0.25) is 0 Å². The van der Waals surface area contributed by atoms with Crippen LogP contribution in [-0.4, -0.2) is 35.7 Å². The summed E-state index contributed by atoms with van der Waals surface area (Å²) in [6.45, 7) is 1.47. The second-order valence-corrected chi connectivity index (χ2v) is 8.65. The van der Waals surface area contributed by atoms with Crippen molar-refractivity contribution in [2.75, 3.05) is 6.26 Å². The first-order valence-corrected chi connectivity index (χ1v) is 10.5. The number of hydrogen-bond acceptors (Lipinski definition) is 10. The zero-order valence-electron chi connectivity index (χ0n) is 14.6. The predicted octanol–water partition coefficient (Wildman–Crippen LogP) is 3.03. The van der Waals surface area contributed by atoms with Gasteiger partial charge < -0.3 is 9.26 Å². The Bertz CT molecular complexity index is 1140. The maximum atomic E-state index is 12.4. The number of carbonyl (C=O) groups excluding carboxylic acids is 1. The molecule has 3 rings (SSSR count). The molecule has 0 aliphatic carbocycles. The highest BCUT2D eigenvalue weighted by molar-refractivity contribution is 7.90. The number of ether oxygens (including phenoxy) is 1. The molecule has 0 spiro atoms. The topological polar surface area (TPSA) is 142 Å². The normalized spacial score (nSPS) is 12.5. The molecule has 146 valence electrons. The van der Waals surface area contributed by atoms with Crippen molar-refractivity contribution in [2.24, 2.45) is 0 Å². The van der Waals surface area contributed by atoms with Crippen LogP contribution in [-0.2, 0) is 14.6 Å². The molecule has 3 aromatic rings. The van der Waals surface area contributed by atoms with Gasteiger partial charge in [-0.2, -0.15) is 4.98 Å². The number of hydrogen-bond donors (Lipinski definition) is 0. The molecule has 0 saturated carbocycles. The minimum atomic E-state index is -3.67. The van der Waals surface area contributed by atoms with Gasteiger partial charge in [0.1, 0.15) is 5.56 Å². The summed E-state index contributed by atoms with van der Waals surface area (Å²) in [7, 11) is -3.67. The Labute approximate surface area is 162 Å². The molecule has 0 N–H and O–H groups in total. The number of nitro benzene ring substituents is 1. The van der Waals surface area contributed by atoms with E-state index >= 15 is 0 Å². The van der Waals surface area contributed by atoms with Crippen LogP contribution < -0.4 is 0 Å². The maximum Gasteiger partial charge on any atom is 0.345 e. The summed E-state index contributed by atoms with van der Waals surface area (Å²) in [5.74, 6) is -0.668.